The third-order valence-electron chi connectivity index (χ3n) is 16.1. The summed E-state index contributed by atoms with van der Waals surface area (Å²) in [6.07, 6.45) is 47.4. The zero-order valence-corrected chi connectivity index (χ0v) is 57.9. The molecule has 0 aromatic carbocycles. The number of hydrogen-bond donors (Lipinski definition) is 3. The number of esters is 4. The van der Waals surface area contributed by atoms with Crippen LogP contribution in [0.25, 0.3) is 0 Å². The first kappa shape index (κ1) is 85.1. The molecule has 0 saturated heterocycles. The molecule has 3 N–H and O–H groups in total. The molecule has 0 aromatic rings. The number of phosphoric ester groups is 2. The van der Waals surface area contributed by atoms with Crippen LogP contribution in [0.3, 0.4) is 0 Å². The van der Waals surface area contributed by atoms with Crippen LogP contribution in [-0.2, 0) is 65.4 Å². The number of ether oxygens (including phenoxy) is 4. The fourth-order valence-corrected chi connectivity index (χ4v) is 11.8. The molecule has 3 unspecified atom stereocenters. The first-order valence-corrected chi connectivity index (χ1v) is 38.7. The Morgan fingerprint density at radius 2 is 0.552 bits per heavy atom. The normalized spacial score (nSPS) is 14.4. The summed E-state index contributed by atoms with van der Waals surface area (Å²) in [5, 5.41) is 10.5. The van der Waals surface area contributed by atoms with E-state index in [1.807, 2.05) is 0 Å². The lowest BCUT2D eigenvalue weighted by Gasteiger charge is -2.21. The summed E-state index contributed by atoms with van der Waals surface area (Å²) in [5.74, 6) is -1.29. The second kappa shape index (κ2) is 61.6. The van der Waals surface area contributed by atoms with Crippen LogP contribution < -0.4 is 0 Å². The van der Waals surface area contributed by atoms with Gasteiger partial charge in [0.2, 0.25) is 0 Å². The number of carbonyl (C=O) groups is 4. The van der Waals surface area contributed by atoms with Crippen molar-refractivity contribution in [1.29, 1.82) is 0 Å². The maximum absolute atomic E-state index is 13.0. The molecule has 0 rings (SSSR count). The average molecular weight is 1280 g/mol. The molecule has 87 heavy (non-hydrogen) atoms. The molecule has 0 aromatic heterocycles. The van der Waals surface area contributed by atoms with E-state index < -0.39 is 97.5 Å². The number of unbranched alkanes of at least 4 members (excludes halogenated alkanes) is 39. The van der Waals surface area contributed by atoms with Crippen LogP contribution in [0.4, 0.5) is 0 Å². The number of phosphoric acid groups is 2. The molecule has 0 saturated carbocycles. The van der Waals surface area contributed by atoms with Gasteiger partial charge in [-0.3, -0.25) is 37.3 Å². The zero-order chi connectivity index (χ0) is 64.2. The van der Waals surface area contributed by atoms with Gasteiger partial charge in [-0.05, 0) is 31.6 Å². The Bertz CT molecular complexity index is 1690. The quantitative estimate of drug-likeness (QED) is 0.0222. The molecule has 17 nitrogen and oxygen atoms in total. The van der Waals surface area contributed by atoms with Crippen molar-refractivity contribution in [2.75, 3.05) is 39.6 Å². The second-order valence-corrected chi connectivity index (χ2v) is 27.7. The van der Waals surface area contributed by atoms with Gasteiger partial charge in [0, 0.05) is 25.7 Å². The van der Waals surface area contributed by atoms with Crippen molar-refractivity contribution in [3.8, 4) is 0 Å². The Morgan fingerprint density at radius 1 is 0.322 bits per heavy atom. The van der Waals surface area contributed by atoms with Crippen molar-refractivity contribution in [1.82, 2.24) is 0 Å². The maximum Gasteiger partial charge on any atom is 0.472 e. The van der Waals surface area contributed by atoms with E-state index in [0.29, 0.717) is 25.7 Å². The van der Waals surface area contributed by atoms with Gasteiger partial charge in [-0.25, -0.2) is 9.13 Å². The lowest BCUT2D eigenvalue weighted by Crippen LogP contribution is -2.30. The SMILES string of the molecule is CCCCCCCCCCCCCCC(=O)OC[C@H](COP(=O)(O)OC[C@@H](O)COP(=O)(O)OC[C@@H](COC(=O)CCCCCCC)OC(=O)CCCCCCCCCCCCCC)OC(=O)CCCCCCCCCCCCCCCCC(C)CC. The van der Waals surface area contributed by atoms with Crippen LogP contribution in [0.15, 0.2) is 0 Å². The first-order valence-electron chi connectivity index (χ1n) is 35.7. The molecule has 0 aliphatic carbocycles. The van der Waals surface area contributed by atoms with E-state index in [2.05, 4.69) is 34.6 Å². The molecule has 0 aliphatic heterocycles. The van der Waals surface area contributed by atoms with Crippen LogP contribution in [0.2, 0.25) is 0 Å². The van der Waals surface area contributed by atoms with Gasteiger partial charge in [0.25, 0.3) is 0 Å². The van der Waals surface area contributed by atoms with E-state index >= 15 is 0 Å². The van der Waals surface area contributed by atoms with Gasteiger partial charge in [0.15, 0.2) is 12.2 Å². The molecule has 0 heterocycles. The van der Waals surface area contributed by atoms with Gasteiger partial charge in [0.1, 0.15) is 19.3 Å². The van der Waals surface area contributed by atoms with E-state index in [1.54, 1.807) is 0 Å². The summed E-state index contributed by atoms with van der Waals surface area (Å²) in [6.45, 7) is 7.20. The predicted molar refractivity (Wildman–Crippen MR) is 349 cm³/mol. The van der Waals surface area contributed by atoms with Crippen molar-refractivity contribution in [2.45, 2.75) is 368 Å². The Kier molecular flexibility index (Phi) is 60.2. The Morgan fingerprint density at radius 3 is 0.816 bits per heavy atom. The van der Waals surface area contributed by atoms with E-state index in [0.717, 1.165) is 102 Å². The lowest BCUT2D eigenvalue weighted by atomic mass is 9.99. The van der Waals surface area contributed by atoms with Crippen molar-refractivity contribution >= 4 is 39.5 Å². The lowest BCUT2D eigenvalue weighted by molar-refractivity contribution is -0.161. The zero-order valence-electron chi connectivity index (χ0n) is 56.2. The molecule has 0 radical (unpaired) electrons. The Balaban J connectivity index is 5.15. The third-order valence-corrected chi connectivity index (χ3v) is 18.0. The number of rotatable bonds is 68. The van der Waals surface area contributed by atoms with Crippen LogP contribution in [0, 0.1) is 5.92 Å². The summed E-state index contributed by atoms with van der Waals surface area (Å²) in [5.41, 5.74) is 0. The fourth-order valence-electron chi connectivity index (χ4n) is 10.3. The van der Waals surface area contributed by atoms with Crippen molar-refractivity contribution < 1.29 is 80.2 Å². The largest absolute Gasteiger partial charge is 0.472 e. The highest BCUT2D eigenvalue weighted by atomic mass is 31.2. The van der Waals surface area contributed by atoms with Gasteiger partial charge < -0.3 is 33.8 Å². The van der Waals surface area contributed by atoms with E-state index in [4.69, 9.17) is 37.0 Å². The standard InChI is InChI=1S/C68H132O17P2/c1-6-10-13-16-18-20-22-29-33-37-42-47-52-66(71)79-58-64(85-68(73)54-49-44-39-35-31-27-25-24-26-28-32-36-41-45-50-61(5)9-4)60-83-87(76,77)81-56-62(69)55-80-86(74,75)82-59-63(57-78-65(70)51-46-40-15-12-8-3)84-67(72)53-48-43-38-34-30-23-21-19-17-14-11-7-2/h61-64,69H,6-60H2,1-5H3,(H,74,75)(H,76,77)/t61?,62-,63+,64+/m0/s1. The van der Waals surface area contributed by atoms with E-state index in [1.165, 1.54) is 167 Å². The minimum atomic E-state index is -4.95. The smallest absolute Gasteiger partial charge is 0.462 e. The summed E-state index contributed by atoms with van der Waals surface area (Å²) in [4.78, 5) is 72.2. The van der Waals surface area contributed by atoms with Crippen LogP contribution in [0.1, 0.15) is 349 Å². The Labute approximate surface area is 530 Å². The monoisotopic (exact) mass is 1280 g/mol. The van der Waals surface area contributed by atoms with Gasteiger partial charge >= 0.3 is 39.5 Å². The number of hydrogen-bond acceptors (Lipinski definition) is 15. The van der Waals surface area contributed by atoms with Gasteiger partial charge in [-0.1, -0.05) is 298 Å². The number of carbonyl (C=O) groups excluding carboxylic acids is 4. The summed E-state index contributed by atoms with van der Waals surface area (Å²) >= 11 is 0. The molecular formula is C68H132O17P2. The molecule has 19 heteroatoms. The van der Waals surface area contributed by atoms with Gasteiger partial charge in [-0.15, -0.1) is 0 Å². The highest BCUT2D eigenvalue weighted by Crippen LogP contribution is 2.45. The van der Waals surface area contributed by atoms with Crippen LogP contribution >= 0.6 is 15.6 Å². The summed E-state index contributed by atoms with van der Waals surface area (Å²) < 4.78 is 68.0. The van der Waals surface area contributed by atoms with Crippen LogP contribution in [-0.4, -0.2) is 96.7 Å². The minimum absolute atomic E-state index is 0.107. The Hall–Kier alpha value is -1.94. The van der Waals surface area contributed by atoms with Gasteiger partial charge in [-0.2, -0.15) is 0 Å². The predicted octanol–water partition coefficient (Wildman–Crippen LogP) is 19.4. The molecule has 0 amide bonds. The molecule has 0 aliphatic rings. The first-order chi connectivity index (χ1) is 42.1. The molecule has 516 valence electrons. The van der Waals surface area contributed by atoms with Crippen molar-refractivity contribution in [3.05, 3.63) is 0 Å². The molecule has 0 spiro atoms. The fraction of sp³-hybridized carbons (Fsp3) is 0.941. The highest BCUT2D eigenvalue weighted by Gasteiger charge is 2.30. The third kappa shape index (κ3) is 61.3. The second-order valence-electron chi connectivity index (χ2n) is 24.8. The van der Waals surface area contributed by atoms with E-state index in [-0.39, 0.29) is 25.7 Å². The van der Waals surface area contributed by atoms with E-state index in [9.17, 15) is 43.2 Å². The average Bonchev–Trinajstić information content (AvgIpc) is 3.61. The van der Waals surface area contributed by atoms with Crippen LogP contribution in [0.5, 0.6) is 0 Å². The van der Waals surface area contributed by atoms with Gasteiger partial charge in [0.05, 0.1) is 26.4 Å². The molecule has 6 atom stereocenters. The topological polar surface area (TPSA) is 237 Å². The summed E-state index contributed by atoms with van der Waals surface area (Å²) in [7, 11) is -9.88. The van der Waals surface area contributed by atoms with Crippen molar-refractivity contribution in [3.63, 3.8) is 0 Å². The molecule has 0 fully saturated rings. The maximum atomic E-state index is 13.0. The summed E-state index contributed by atoms with van der Waals surface area (Å²) in [6, 6.07) is 0. The molecular weight excluding hydrogens is 1150 g/mol. The highest BCUT2D eigenvalue weighted by molar-refractivity contribution is 7.47. The van der Waals surface area contributed by atoms with Crippen molar-refractivity contribution in [2.24, 2.45) is 5.92 Å². The number of aliphatic hydroxyl groups is 1. The minimum Gasteiger partial charge on any atom is -0.462 e. The number of aliphatic hydroxyl groups excluding tert-OH is 1. The molecule has 0 bridgehead atoms.